The molecule has 160 valence electrons. The fraction of sp³-hybridized carbons (Fsp3) is 0.952. The van der Waals surface area contributed by atoms with E-state index in [9.17, 15) is 5.11 Å². The summed E-state index contributed by atoms with van der Waals surface area (Å²) in [5.74, 6) is 1.56. The van der Waals surface area contributed by atoms with E-state index < -0.39 is 0 Å². The summed E-state index contributed by atoms with van der Waals surface area (Å²) in [6.45, 7) is 17.5. The van der Waals surface area contributed by atoms with Gasteiger partial charge in [-0.15, -0.1) is 0 Å². The van der Waals surface area contributed by atoms with E-state index in [1.165, 1.54) is 6.42 Å². The maximum absolute atomic E-state index is 9.44. The third-order valence-electron chi connectivity index (χ3n) is 5.87. The van der Waals surface area contributed by atoms with Crippen LogP contribution in [0.15, 0.2) is 4.99 Å². The molecule has 0 spiro atoms. The lowest BCUT2D eigenvalue weighted by Gasteiger charge is -2.36. The number of rotatable bonds is 12. The fourth-order valence-corrected chi connectivity index (χ4v) is 3.79. The minimum Gasteiger partial charge on any atom is -0.396 e. The van der Waals surface area contributed by atoms with Crippen molar-refractivity contribution in [1.82, 2.24) is 15.5 Å². The van der Waals surface area contributed by atoms with Crippen LogP contribution in [0.5, 0.6) is 0 Å². The average molecular weight is 385 g/mol. The molecule has 1 aliphatic heterocycles. The lowest BCUT2D eigenvalue weighted by Crippen LogP contribution is -2.51. The van der Waals surface area contributed by atoms with Crippen LogP contribution in [0.1, 0.15) is 60.3 Å². The number of hydrogen-bond donors (Lipinski definition) is 3. The molecule has 0 bridgehead atoms. The van der Waals surface area contributed by atoms with E-state index in [-0.39, 0.29) is 12.0 Å². The van der Waals surface area contributed by atoms with Gasteiger partial charge in [0, 0.05) is 45.4 Å². The largest absolute Gasteiger partial charge is 0.396 e. The lowest BCUT2D eigenvalue weighted by atomic mass is 9.79. The standard InChI is InChI=1S/C21H44N4O2/c1-6-21(7-2,9-12-26)17-24-20(22-8-3)23-16-19(15-18(4)5)25-10-13-27-14-11-25/h18-19,26H,6-17H2,1-5H3,(H2,22,23,24). The lowest BCUT2D eigenvalue weighted by molar-refractivity contribution is 0.0132. The van der Waals surface area contributed by atoms with Gasteiger partial charge in [-0.25, -0.2) is 0 Å². The van der Waals surface area contributed by atoms with Gasteiger partial charge in [-0.2, -0.15) is 0 Å². The van der Waals surface area contributed by atoms with E-state index in [1.807, 2.05) is 0 Å². The third kappa shape index (κ3) is 8.79. The van der Waals surface area contributed by atoms with Crippen LogP contribution in [0.2, 0.25) is 0 Å². The van der Waals surface area contributed by atoms with Crippen molar-refractivity contribution >= 4 is 5.96 Å². The predicted molar refractivity (Wildman–Crippen MR) is 114 cm³/mol. The molecule has 1 saturated heterocycles. The highest BCUT2D eigenvalue weighted by Crippen LogP contribution is 2.30. The molecule has 1 heterocycles. The molecule has 1 rings (SSSR count). The highest BCUT2D eigenvalue weighted by atomic mass is 16.5. The summed E-state index contributed by atoms with van der Waals surface area (Å²) in [4.78, 5) is 7.43. The first-order valence-corrected chi connectivity index (χ1v) is 10.9. The van der Waals surface area contributed by atoms with Crippen LogP contribution in [0.25, 0.3) is 0 Å². The summed E-state index contributed by atoms with van der Waals surface area (Å²) in [6, 6.07) is 0.498. The van der Waals surface area contributed by atoms with Gasteiger partial charge in [0.25, 0.3) is 0 Å². The van der Waals surface area contributed by atoms with Gasteiger partial charge in [0.05, 0.1) is 13.2 Å². The van der Waals surface area contributed by atoms with Crippen LogP contribution >= 0.6 is 0 Å². The number of aliphatic imine (C=N–C) groups is 1. The number of aliphatic hydroxyl groups excluding tert-OH is 1. The Kier molecular flexibility index (Phi) is 12.0. The third-order valence-corrected chi connectivity index (χ3v) is 5.87. The van der Waals surface area contributed by atoms with Crippen LogP contribution in [-0.4, -0.2) is 74.6 Å². The zero-order chi connectivity index (χ0) is 20.1. The SMILES string of the molecule is CCNC(=NCC(CC)(CC)CCO)NCC(CC(C)C)N1CCOCC1. The van der Waals surface area contributed by atoms with E-state index in [4.69, 9.17) is 9.73 Å². The molecule has 1 fully saturated rings. The van der Waals surface area contributed by atoms with Gasteiger partial charge in [-0.3, -0.25) is 9.89 Å². The number of nitrogens with zero attached hydrogens (tertiary/aromatic N) is 2. The predicted octanol–water partition coefficient (Wildman–Crippen LogP) is 2.48. The van der Waals surface area contributed by atoms with Gasteiger partial charge in [0.2, 0.25) is 0 Å². The molecular formula is C21H44N4O2. The molecule has 6 nitrogen and oxygen atoms in total. The molecular weight excluding hydrogens is 340 g/mol. The fourth-order valence-electron chi connectivity index (χ4n) is 3.79. The van der Waals surface area contributed by atoms with Crippen molar-refractivity contribution < 1.29 is 9.84 Å². The Morgan fingerprint density at radius 3 is 2.33 bits per heavy atom. The first kappa shape index (κ1) is 24.2. The van der Waals surface area contributed by atoms with Gasteiger partial charge >= 0.3 is 0 Å². The summed E-state index contributed by atoms with van der Waals surface area (Å²) < 4.78 is 5.52. The molecule has 0 aromatic heterocycles. The smallest absolute Gasteiger partial charge is 0.191 e. The molecule has 0 radical (unpaired) electrons. The van der Waals surface area contributed by atoms with Crippen molar-refractivity contribution in [2.45, 2.75) is 66.3 Å². The Labute approximate surface area is 167 Å². The van der Waals surface area contributed by atoms with Gasteiger partial charge in [0.15, 0.2) is 5.96 Å². The van der Waals surface area contributed by atoms with Gasteiger partial charge in [0.1, 0.15) is 0 Å². The summed E-state index contributed by atoms with van der Waals surface area (Å²) in [6.07, 6.45) is 4.06. The first-order chi connectivity index (χ1) is 13.0. The van der Waals surface area contributed by atoms with Crippen LogP contribution in [0, 0.1) is 11.3 Å². The maximum Gasteiger partial charge on any atom is 0.191 e. The van der Waals surface area contributed by atoms with Gasteiger partial charge < -0.3 is 20.5 Å². The van der Waals surface area contributed by atoms with E-state index in [1.54, 1.807) is 0 Å². The van der Waals surface area contributed by atoms with E-state index in [0.29, 0.717) is 12.0 Å². The minimum absolute atomic E-state index is 0.0959. The molecule has 0 amide bonds. The minimum atomic E-state index is 0.0959. The molecule has 1 aliphatic rings. The highest BCUT2D eigenvalue weighted by Gasteiger charge is 2.26. The molecule has 6 heteroatoms. The van der Waals surface area contributed by atoms with E-state index in [2.05, 4.69) is 50.2 Å². The van der Waals surface area contributed by atoms with Crippen molar-refractivity contribution in [2.75, 3.05) is 52.5 Å². The summed E-state index contributed by atoms with van der Waals surface area (Å²) in [5.41, 5.74) is 0.0959. The molecule has 1 atom stereocenters. The number of morpholine rings is 1. The molecule has 0 aromatic rings. The van der Waals surface area contributed by atoms with E-state index >= 15 is 0 Å². The van der Waals surface area contributed by atoms with Crippen LogP contribution in [-0.2, 0) is 4.74 Å². The van der Waals surface area contributed by atoms with Crippen molar-refractivity contribution in [3.63, 3.8) is 0 Å². The second kappa shape index (κ2) is 13.3. The summed E-state index contributed by atoms with van der Waals surface area (Å²) >= 11 is 0. The molecule has 0 aromatic carbocycles. The van der Waals surface area contributed by atoms with Crippen molar-refractivity contribution in [3.8, 4) is 0 Å². The van der Waals surface area contributed by atoms with E-state index in [0.717, 1.165) is 71.2 Å². The topological polar surface area (TPSA) is 69.1 Å². The Balaban J connectivity index is 2.74. The Hall–Kier alpha value is -0.850. The summed E-state index contributed by atoms with van der Waals surface area (Å²) in [5, 5.41) is 16.4. The first-order valence-electron chi connectivity index (χ1n) is 10.9. The molecule has 0 saturated carbocycles. The average Bonchev–Trinajstić information content (AvgIpc) is 2.68. The Bertz CT molecular complexity index is 405. The number of hydrogen-bond acceptors (Lipinski definition) is 4. The Morgan fingerprint density at radius 1 is 1.15 bits per heavy atom. The second-order valence-corrected chi connectivity index (χ2v) is 8.19. The number of aliphatic hydroxyl groups is 1. The number of ether oxygens (including phenoxy) is 1. The molecule has 3 N–H and O–H groups in total. The quantitative estimate of drug-likeness (QED) is 0.356. The maximum atomic E-state index is 9.44. The highest BCUT2D eigenvalue weighted by molar-refractivity contribution is 5.79. The van der Waals surface area contributed by atoms with Crippen LogP contribution in [0.3, 0.4) is 0 Å². The van der Waals surface area contributed by atoms with Crippen molar-refractivity contribution in [2.24, 2.45) is 16.3 Å². The van der Waals surface area contributed by atoms with Gasteiger partial charge in [-0.1, -0.05) is 27.7 Å². The van der Waals surface area contributed by atoms with Crippen molar-refractivity contribution in [1.29, 1.82) is 0 Å². The monoisotopic (exact) mass is 384 g/mol. The summed E-state index contributed by atoms with van der Waals surface area (Å²) in [7, 11) is 0. The number of nitrogens with one attached hydrogen (secondary N) is 2. The second-order valence-electron chi connectivity index (χ2n) is 8.19. The molecule has 27 heavy (non-hydrogen) atoms. The normalized spacial score (nSPS) is 18.0. The molecule has 0 aliphatic carbocycles. The van der Waals surface area contributed by atoms with Crippen molar-refractivity contribution in [3.05, 3.63) is 0 Å². The zero-order valence-electron chi connectivity index (χ0n) is 18.4. The molecule has 1 unspecified atom stereocenters. The Morgan fingerprint density at radius 2 is 1.81 bits per heavy atom. The van der Waals surface area contributed by atoms with Gasteiger partial charge in [-0.05, 0) is 43.9 Å². The zero-order valence-corrected chi connectivity index (χ0v) is 18.4. The van der Waals surface area contributed by atoms with Crippen LogP contribution in [0.4, 0.5) is 0 Å². The number of guanidine groups is 1. The van der Waals surface area contributed by atoms with Crippen LogP contribution < -0.4 is 10.6 Å².